The molecule has 0 radical (unpaired) electrons. The van der Waals surface area contributed by atoms with Crippen LogP contribution in [0.5, 0.6) is 0 Å². The fraction of sp³-hybridized carbons (Fsp3) is 0.688. The van der Waals surface area contributed by atoms with Crippen LogP contribution in [-0.2, 0) is 11.3 Å². The number of carbonyl (C=O) groups excluding carboxylic acids is 1. The molecule has 1 aromatic heterocycles. The van der Waals surface area contributed by atoms with Gasteiger partial charge in [0.1, 0.15) is 5.82 Å². The van der Waals surface area contributed by atoms with Gasteiger partial charge in [-0.15, -0.1) is 16.8 Å². The lowest BCUT2D eigenvalue weighted by atomic mass is 9.94. The van der Waals surface area contributed by atoms with E-state index >= 15 is 0 Å². The molecular weight excluding hydrogens is 296 g/mol. The predicted octanol–water partition coefficient (Wildman–Crippen LogP) is 3.05. The van der Waals surface area contributed by atoms with E-state index in [1.807, 2.05) is 22.5 Å². The summed E-state index contributed by atoms with van der Waals surface area (Å²) in [5.41, 5.74) is 0. The highest BCUT2D eigenvalue weighted by molar-refractivity contribution is 7.99. The van der Waals surface area contributed by atoms with Crippen molar-refractivity contribution in [1.29, 1.82) is 0 Å². The van der Waals surface area contributed by atoms with Crippen molar-refractivity contribution in [2.45, 2.75) is 63.7 Å². The topological polar surface area (TPSA) is 51.0 Å². The minimum Gasteiger partial charge on any atom is -0.339 e. The summed E-state index contributed by atoms with van der Waals surface area (Å²) in [5.74, 6) is 1.50. The quantitative estimate of drug-likeness (QED) is 0.572. The van der Waals surface area contributed by atoms with Gasteiger partial charge in [-0.25, -0.2) is 0 Å². The number of allylic oxidation sites excluding steroid dienone is 1. The van der Waals surface area contributed by atoms with E-state index in [9.17, 15) is 4.79 Å². The Kier molecular flexibility index (Phi) is 6.49. The Balaban J connectivity index is 1.94. The van der Waals surface area contributed by atoms with Gasteiger partial charge in [0.2, 0.25) is 5.91 Å². The van der Waals surface area contributed by atoms with Crippen molar-refractivity contribution < 1.29 is 4.79 Å². The van der Waals surface area contributed by atoms with E-state index in [1.165, 1.54) is 31.0 Å². The lowest BCUT2D eigenvalue weighted by Crippen LogP contribution is -2.42. The van der Waals surface area contributed by atoms with Crippen LogP contribution in [0.4, 0.5) is 0 Å². The first kappa shape index (κ1) is 17.1. The number of hydrogen-bond donors (Lipinski definition) is 0. The molecule has 22 heavy (non-hydrogen) atoms. The fourth-order valence-corrected chi connectivity index (χ4v) is 3.93. The Bertz CT molecular complexity index is 508. The van der Waals surface area contributed by atoms with E-state index in [-0.39, 0.29) is 5.91 Å². The predicted molar refractivity (Wildman–Crippen MR) is 89.9 cm³/mol. The van der Waals surface area contributed by atoms with Gasteiger partial charge in [-0.1, -0.05) is 37.1 Å². The smallest absolute Gasteiger partial charge is 0.233 e. The van der Waals surface area contributed by atoms with Gasteiger partial charge in [0.25, 0.3) is 0 Å². The van der Waals surface area contributed by atoms with Crippen LogP contribution in [0.2, 0.25) is 0 Å². The zero-order chi connectivity index (χ0) is 15.9. The maximum atomic E-state index is 12.6. The summed E-state index contributed by atoms with van der Waals surface area (Å²) >= 11 is 1.47. The van der Waals surface area contributed by atoms with Crippen LogP contribution in [0.3, 0.4) is 0 Å². The lowest BCUT2D eigenvalue weighted by Gasteiger charge is -2.33. The highest BCUT2D eigenvalue weighted by atomic mass is 32.2. The molecule has 0 saturated heterocycles. The molecule has 0 aromatic carbocycles. The van der Waals surface area contributed by atoms with Gasteiger partial charge in [-0.05, 0) is 26.7 Å². The SMILES string of the molecule is C=CCn1c(C)nnc1SCC(=O)N(CC)C1CCCCC1. The summed E-state index contributed by atoms with van der Waals surface area (Å²) in [6.45, 7) is 9.22. The molecule has 2 rings (SSSR count). The average Bonchev–Trinajstić information content (AvgIpc) is 2.88. The molecule has 1 fully saturated rings. The van der Waals surface area contributed by atoms with Gasteiger partial charge >= 0.3 is 0 Å². The molecule has 0 atom stereocenters. The Labute approximate surface area is 137 Å². The molecule has 5 nitrogen and oxygen atoms in total. The van der Waals surface area contributed by atoms with Crippen molar-refractivity contribution in [3.63, 3.8) is 0 Å². The molecule has 1 aliphatic carbocycles. The molecule has 0 N–H and O–H groups in total. The van der Waals surface area contributed by atoms with Crippen LogP contribution < -0.4 is 0 Å². The number of thioether (sulfide) groups is 1. The summed E-state index contributed by atoms with van der Waals surface area (Å²) in [6.07, 6.45) is 7.92. The number of carbonyl (C=O) groups is 1. The third-order valence-corrected chi connectivity index (χ3v) is 5.17. The second kappa shape index (κ2) is 8.36. The van der Waals surface area contributed by atoms with Gasteiger partial charge in [-0.2, -0.15) is 0 Å². The highest BCUT2D eigenvalue weighted by Gasteiger charge is 2.24. The molecule has 0 aliphatic heterocycles. The fourth-order valence-electron chi connectivity index (χ4n) is 3.05. The number of aromatic nitrogens is 3. The Morgan fingerprint density at radius 2 is 2.14 bits per heavy atom. The molecule has 122 valence electrons. The van der Waals surface area contributed by atoms with E-state index < -0.39 is 0 Å². The molecule has 1 saturated carbocycles. The van der Waals surface area contributed by atoms with E-state index in [0.717, 1.165) is 30.4 Å². The Morgan fingerprint density at radius 1 is 1.41 bits per heavy atom. The van der Waals surface area contributed by atoms with Crippen molar-refractivity contribution in [2.75, 3.05) is 12.3 Å². The van der Waals surface area contributed by atoms with Crippen molar-refractivity contribution >= 4 is 17.7 Å². The standard InChI is InChI=1S/C16H26N4OS/c1-4-11-20-13(3)17-18-16(20)22-12-15(21)19(5-2)14-9-7-6-8-10-14/h4,14H,1,5-12H2,2-3H3. The minimum atomic E-state index is 0.213. The molecule has 1 amide bonds. The second-order valence-corrected chi connectivity index (χ2v) is 6.63. The van der Waals surface area contributed by atoms with Gasteiger partial charge in [0.15, 0.2) is 5.16 Å². The van der Waals surface area contributed by atoms with Crippen LogP contribution >= 0.6 is 11.8 Å². The number of amides is 1. The van der Waals surface area contributed by atoms with Crippen LogP contribution in [0.1, 0.15) is 44.9 Å². The van der Waals surface area contributed by atoms with Crippen LogP contribution in [0.25, 0.3) is 0 Å². The molecule has 1 aromatic rings. The summed E-state index contributed by atoms with van der Waals surface area (Å²) in [6, 6.07) is 0.430. The number of rotatable bonds is 7. The zero-order valence-electron chi connectivity index (χ0n) is 13.6. The van der Waals surface area contributed by atoms with Crippen molar-refractivity contribution in [1.82, 2.24) is 19.7 Å². The van der Waals surface area contributed by atoms with Gasteiger partial charge in [0, 0.05) is 19.1 Å². The summed E-state index contributed by atoms with van der Waals surface area (Å²) in [7, 11) is 0. The number of hydrogen-bond acceptors (Lipinski definition) is 4. The molecular formula is C16H26N4OS. The lowest BCUT2D eigenvalue weighted by molar-refractivity contribution is -0.131. The van der Waals surface area contributed by atoms with Crippen molar-refractivity contribution in [3.8, 4) is 0 Å². The first-order valence-electron chi connectivity index (χ1n) is 8.10. The van der Waals surface area contributed by atoms with Gasteiger partial charge in [-0.3, -0.25) is 4.79 Å². The van der Waals surface area contributed by atoms with Gasteiger partial charge < -0.3 is 9.47 Å². The summed E-state index contributed by atoms with van der Waals surface area (Å²) < 4.78 is 1.99. The van der Waals surface area contributed by atoms with E-state index in [4.69, 9.17) is 0 Å². The molecule has 1 aliphatic rings. The second-order valence-electron chi connectivity index (χ2n) is 5.69. The first-order chi connectivity index (χ1) is 10.7. The van der Waals surface area contributed by atoms with Crippen molar-refractivity contribution in [2.24, 2.45) is 0 Å². The van der Waals surface area contributed by atoms with Crippen molar-refractivity contribution in [3.05, 3.63) is 18.5 Å². The molecule has 1 heterocycles. The van der Waals surface area contributed by atoms with E-state index in [0.29, 0.717) is 18.3 Å². The Hall–Kier alpha value is -1.30. The third-order valence-electron chi connectivity index (χ3n) is 4.21. The minimum absolute atomic E-state index is 0.213. The van der Waals surface area contributed by atoms with E-state index in [1.54, 1.807) is 0 Å². The largest absolute Gasteiger partial charge is 0.339 e. The number of nitrogens with zero attached hydrogens (tertiary/aromatic N) is 4. The average molecular weight is 322 g/mol. The maximum Gasteiger partial charge on any atom is 0.233 e. The zero-order valence-corrected chi connectivity index (χ0v) is 14.4. The molecule has 0 bridgehead atoms. The number of aryl methyl sites for hydroxylation is 1. The summed E-state index contributed by atoms with van der Waals surface area (Å²) in [4.78, 5) is 14.6. The first-order valence-corrected chi connectivity index (χ1v) is 9.08. The highest BCUT2D eigenvalue weighted by Crippen LogP contribution is 2.24. The molecule has 0 unspecified atom stereocenters. The summed E-state index contributed by atoms with van der Waals surface area (Å²) in [5, 5.41) is 9.05. The normalized spacial score (nSPS) is 15.7. The van der Waals surface area contributed by atoms with Crippen LogP contribution in [0, 0.1) is 6.92 Å². The van der Waals surface area contributed by atoms with Crippen LogP contribution in [-0.4, -0.2) is 43.9 Å². The molecule has 6 heteroatoms. The monoisotopic (exact) mass is 322 g/mol. The Morgan fingerprint density at radius 3 is 2.77 bits per heavy atom. The third kappa shape index (κ3) is 4.12. The van der Waals surface area contributed by atoms with Gasteiger partial charge in [0.05, 0.1) is 5.75 Å². The maximum absolute atomic E-state index is 12.6. The van der Waals surface area contributed by atoms with Crippen LogP contribution in [0.15, 0.2) is 17.8 Å². The molecule has 0 spiro atoms. The van der Waals surface area contributed by atoms with E-state index in [2.05, 4.69) is 23.7 Å².